The van der Waals surface area contributed by atoms with Crippen LogP contribution in [-0.2, 0) is 24.3 Å². The van der Waals surface area contributed by atoms with Crippen LogP contribution in [0, 0.1) is 6.92 Å². The zero-order valence-corrected chi connectivity index (χ0v) is 22.2. The van der Waals surface area contributed by atoms with Gasteiger partial charge in [0.1, 0.15) is 0 Å². The van der Waals surface area contributed by atoms with E-state index in [0.717, 1.165) is 19.8 Å². The van der Waals surface area contributed by atoms with Crippen LogP contribution in [0.25, 0.3) is 0 Å². The number of hydrogen-bond donors (Lipinski definition) is 2. The standard InChI is InChI=1S/C27H28N4O6S/c1-19-15-17-23(18-16-19)38(34,35)31(25(26(32)36-3)20(2)28-29-27(33)37-4)30-24(21-11-7-5-8-12-21)22-13-9-6-10-14-22/h5-18,28H,1-4H3,(H,29,33)/b25-20+. The molecule has 3 aromatic rings. The number of hydrogen-bond acceptors (Lipinski definition) is 8. The maximum Gasteiger partial charge on any atom is 0.425 e. The summed E-state index contributed by atoms with van der Waals surface area (Å²) >= 11 is 0. The number of amides is 1. The summed E-state index contributed by atoms with van der Waals surface area (Å²) in [7, 11) is -2.20. The zero-order valence-electron chi connectivity index (χ0n) is 21.3. The first-order valence-corrected chi connectivity index (χ1v) is 12.8. The lowest BCUT2D eigenvalue weighted by molar-refractivity contribution is -0.137. The van der Waals surface area contributed by atoms with Gasteiger partial charge in [0.05, 0.1) is 30.5 Å². The van der Waals surface area contributed by atoms with E-state index < -0.39 is 27.8 Å². The number of carbonyl (C=O) groups is 2. The highest BCUT2D eigenvalue weighted by Crippen LogP contribution is 2.26. The number of benzene rings is 3. The number of esters is 1. The van der Waals surface area contributed by atoms with E-state index in [-0.39, 0.29) is 16.3 Å². The molecular weight excluding hydrogens is 508 g/mol. The van der Waals surface area contributed by atoms with Gasteiger partial charge in [0.25, 0.3) is 10.0 Å². The van der Waals surface area contributed by atoms with Gasteiger partial charge < -0.3 is 9.47 Å². The Labute approximate surface area is 221 Å². The number of rotatable bonds is 9. The van der Waals surface area contributed by atoms with Crippen LogP contribution in [0.4, 0.5) is 4.79 Å². The van der Waals surface area contributed by atoms with Crippen LogP contribution in [0.3, 0.4) is 0 Å². The predicted octanol–water partition coefficient (Wildman–Crippen LogP) is 3.70. The van der Waals surface area contributed by atoms with Crippen LogP contribution >= 0.6 is 0 Å². The summed E-state index contributed by atoms with van der Waals surface area (Å²) in [6.45, 7) is 3.21. The van der Waals surface area contributed by atoms with Crippen molar-refractivity contribution in [3.05, 3.63) is 113 Å². The van der Waals surface area contributed by atoms with Crippen molar-refractivity contribution in [1.82, 2.24) is 15.3 Å². The van der Waals surface area contributed by atoms with Gasteiger partial charge in [-0.2, -0.15) is 13.5 Å². The van der Waals surface area contributed by atoms with Gasteiger partial charge in [-0.3, -0.25) is 5.43 Å². The maximum absolute atomic E-state index is 14.0. The number of methoxy groups -OCH3 is 2. The van der Waals surface area contributed by atoms with E-state index >= 15 is 0 Å². The van der Waals surface area contributed by atoms with Crippen LogP contribution in [0.2, 0.25) is 0 Å². The zero-order chi connectivity index (χ0) is 27.7. The smallest absolute Gasteiger partial charge is 0.425 e. The number of aryl methyl sites for hydroxylation is 1. The van der Waals surface area contributed by atoms with Crippen molar-refractivity contribution in [2.24, 2.45) is 5.10 Å². The molecule has 11 heteroatoms. The number of hydrazone groups is 1. The Bertz CT molecular complexity index is 1400. The minimum absolute atomic E-state index is 0.0674. The van der Waals surface area contributed by atoms with Gasteiger partial charge in [0.2, 0.25) is 0 Å². The molecule has 0 aromatic heterocycles. The molecule has 0 bridgehead atoms. The lowest BCUT2D eigenvalue weighted by atomic mass is 10.0. The Morgan fingerprint density at radius 3 is 1.79 bits per heavy atom. The molecule has 0 heterocycles. The number of nitrogens with one attached hydrogen (secondary N) is 2. The van der Waals surface area contributed by atoms with Crippen LogP contribution in [-0.4, -0.2) is 44.8 Å². The molecule has 2 N–H and O–H groups in total. The Morgan fingerprint density at radius 2 is 1.32 bits per heavy atom. The fourth-order valence-corrected chi connectivity index (χ4v) is 4.65. The third kappa shape index (κ3) is 6.56. The lowest BCUT2D eigenvalue weighted by Crippen LogP contribution is -2.40. The number of ether oxygens (including phenoxy) is 2. The second-order valence-electron chi connectivity index (χ2n) is 7.95. The molecule has 0 atom stereocenters. The first kappa shape index (κ1) is 27.9. The molecule has 0 fully saturated rings. The van der Waals surface area contributed by atoms with E-state index in [1.807, 2.05) is 19.1 Å². The van der Waals surface area contributed by atoms with E-state index in [1.165, 1.54) is 19.1 Å². The molecular formula is C27H28N4O6S. The predicted molar refractivity (Wildman–Crippen MR) is 142 cm³/mol. The minimum Gasteiger partial charge on any atom is -0.464 e. The topological polar surface area (TPSA) is 126 Å². The van der Waals surface area contributed by atoms with Crippen molar-refractivity contribution in [1.29, 1.82) is 0 Å². The molecule has 0 aliphatic heterocycles. The molecule has 38 heavy (non-hydrogen) atoms. The number of sulfonamides is 1. The Balaban J connectivity index is 2.35. The maximum atomic E-state index is 14.0. The van der Waals surface area contributed by atoms with Gasteiger partial charge in [-0.25, -0.2) is 15.0 Å². The van der Waals surface area contributed by atoms with Crippen LogP contribution in [0.15, 0.2) is 106 Å². The summed E-state index contributed by atoms with van der Waals surface area (Å²) in [6, 6.07) is 24.0. The average Bonchev–Trinajstić information content (AvgIpc) is 2.94. The third-order valence-corrected chi connectivity index (χ3v) is 6.88. The summed E-state index contributed by atoms with van der Waals surface area (Å²) in [4.78, 5) is 24.6. The van der Waals surface area contributed by atoms with Gasteiger partial charge in [0.15, 0.2) is 5.70 Å². The summed E-state index contributed by atoms with van der Waals surface area (Å²) < 4.78 is 38.2. The van der Waals surface area contributed by atoms with Crippen molar-refractivity contribution in [2.45, 2.75) is 18.7 Å². The van der Waals surface area contributed by atoms with Crippen molar-refractivity contribution < 1.29 is 27.5 Å². The highest BCUT2D eigenvalue weighted by Gasteiger charge is 2.34. The highest BCUT2D eigenvalue weighted by atomic mass is 32.2. The highest BCUT2D eigenvalue weighted by molar-refractivity contribution is 7.89. The van der Waals surface area contributed by atoms with Crippen LogP contribution < -0.4 is 10.9 Å². The second-order valence-corrected chi connectivity index (χ2v) is 9.72. The van der Waals surface area contributed by atoms with E-state index in [9.17, 15) is 18.0 Å². The normalized spacial score (nSPS) is 11.5. The monoisotopic (exact) mass is 536 g/mol. The number of nitrogens with zero attached hydrogens (tertiary/aromatic N) is 2. The van der Waals surface area contributed by atoms with E-state index in [0.29, 0.717) is 15.5 Å². The van der Waals surface area contributed by atoms with E-state index in [1.54, 1.807) is 60.7 Å². The van der Waals surface area contributed by atoms with Gasteiger partial charge in [0, 0.05) is 11.1 Å². The molecule has 3 rings (SSSR count). The largest absolute Gasteiger partial charge is 0.464 e. The van der Waals surface area contributed by atoms with Crippen molar-refractivity contribution in [3.8, 4) is 0 Å². The SMILES string of the molecule is COC(=O)NN/C(C)=C(\C(=O)OC)N(N=C(c1ccccc1)c1ccccc1)S(=O)(=O)c1ccc(C)cc1. The molecule has 1 amide bonds. The summed E-state index contributed by atoms with van der Waals surface area (Å²) in [6.07, 6.45) is -0.862. The molecule has 0 radical (unpaired) electrons. The lowest BCUT2D eigenvalue weighted by Gasteiger charge is -2.24. The van der Waals surface area contributed by atoms with Crippen molar-refractivity contribution in [2.75, 3.05) is 14.2 Å². The van der Waals surface area contributed by atoms with E-state index in [4.69, 9.17) is 4.74 Å². The molecule has 0 unspecified atom stereocenters. The summed E-state index contributed by atoms with van der Waals surface area (Å²) in [5.41, 5.74) is 6.49. The molecule has 0 aliphatic rings. The Hall–Kier alpha value is -4.64. The summed E-state index contributed by atoms with van der Waals surface area (Å²) in [5, 5.41) is 4.54. The fourth-order valence-electron chi connectivity index (χ4n) is 3.33. The molecule has 3 aromatic carbocycles. The van der Waals surface area contributed by atoms with Gasteiger partial charge in [-0.05, 0) is 26.0 Å². The molecule has 0 saturated heterocycles. The Kier molecular flexibility index (Phi) is 9.23. The number of hydrazine groups is 1. The fraction of sp³-hybridized carbons (Fsp3) is 0.148. The van der Waals surface area contributed by atoms with Crippen molar-refractivity contribution >= 4 is 27.8 Å². The quantitative estimate of drug-likeness (QED) is 0.185. The Morgan fingerprint density at radius 1 is 0.789 bits per heavy atom. The molecule has 0 spiro atoms. The van der Waals surface area contributed by atoms with Crippen LogP contribution in [0.1, 0.15) is 23.6 Å². The molecule has 0 aliphatic carbocycles. The first-order valence-electron chi connectivity index (χ1n) is 11.4. The van der Waals surface area contributed by atoms with Gasteiger partial charge in [-0.15, -0.1) is 4.41 Å². The van der Waals surface area contributed by atoms with E-state index in [2.05, 4.69) is 20.7 Å². The molecule has 10 nitrogen and oxygen atoms in total. The van der Waals surface area contributed by atoms with Gasteiger partial charge in [-0.1, -0.05) is 78.4 Å². The third-order valence-electron chi connectivity index (χ3n) is 5.29. The average molecular weight is 537 g/mol. The molecule has 198 valence electrons. The first-order chi connectivity index (χ1) is 18.2. The van der Waals surface area contributed by atoms with Gasteiger partial charge >= 0.3 is 12.1 Å². The summed E-state index contributed by atoms with van der Waals surface area (Å²) in [5.74, 6) is -1.01. The number of allylic oxidation sites excluding steroid dienone is 1. The molecule has 0 saturated carbocycles. The van der Waals surface area contributed by atoms with Crippen molar-refractivity contribution in [3.63, 3.8) is 0 Å². The number of carbonyl (C=O) groups excluding carboxylic acids is 2. The second kappa shape index (κ2) is 12.5. The minimum atomic E-state index is -4.47. The van der Waals surface area contributed by atoms with Crippen LogP contribution in [0.5, 0.6) is 0 Å².